The molecule has 1 heterocycles. The molecule has 4 heteroatoms. The van der Waals surface area contributed by atoms with Crippen molar-refractivity contribution in [2.45, 2.75) is 19.8 Å². The number of benzene rings is 1. The van der Waals surface area contributed by atoms with E-state index in [1.165, 1.54) is 7.11 Å². The summed E-state index contributed by atoms with van der Waals surface area (Å²) >= 11 is 0. The molecule has 1 atom stereocenters. The first-order chi connectivity index (χ1) is 10.1. The first kappa shape index (κ1) is 15.3. The van der Waals surface area contributed by atoms with Crippen LogP contribution in [0.15, 0.2) is 36.4 Å². The van der Waals surface area contributed by atoms with Gasteiger partial charge in [-0.05, 0) is 30.9 Å². The van der Waals surface area contributed by atoms with Crippen LogP contribution in [0.2, 0.25) is 0 Å². The lowest BCUT2D eigenvalue weighted by molar-refractivity contribution is -0.150. The van der Waals surface area contributed by atoms with E-state index in [0.29, 0.717) is 0 Å². The van der Waals surface area contributed by atoms with Crippen LogP contribution in [-0.4, -0.2) is 37.0 Å². The van der Waals surface area contributed by atoms with Crippen LogP contribution in [0.4, 0.5) is 0 Å². The van der Waals surface area contributed by atoms with Gasteiger partial charge in [-0.1, -0.05) is 36.4 Å². The number of hydrogen-bond acceptors (Lipinski definition) is 3. The first-order valence-corrected chi connectivity index (χ1v) is 7.24. The Morgan fingerprint density at radius 1 is 1.19 bits per heavy atom. The molecule has 1 aliphatic heterocycles. The normalized spacial score (nSPS) is 16.7. The highest BCUT2D eigenvalue weighted by atomic mass is 16.5. The Morgan fingerprint density at radius 3 is 2.38 bits per heavy atom. The molecule has 0 bridgehead atoms. The van der Waals surface area contributed by atoms with Gasteiger partial charge in [-0.2, -0.15) is 0 Å². The number of carbonyl (C=O) groups excluding carboxylic acids is 2. The van der Waals surface area contributed by atoms with Crippen molar-refractivity contribution in [3.63, 3.8) is 0 Å². The maximum Gasteiger partial charge on any atom is 0.322 e. The summed E-state index contributed by atoms with van der Waals surface area (Å²) < 4.78 is 4.80. The standard InChI is InChI=1S/C17H21NO3/c1-13(14-8-4-3-5-9-14)12-15(17(20)21-2)16(19)18-10-6-7-11-18/h3-5,8-9,12,15H,6-7,10-11H2,1-2H3/b13-12+. The van der Waals surface area contributed by atoms with Crippen LogP contribution in [0.3, 0.4) is 0 Å². The van der Waals surface area contributed by atoms with E-state index in [0.717, 1.165) is 37.1 Å². The second-order valence-corrected chi connectivity index (χ2v) is 5.25. The summed E-state index contributed by atoms with van der Waals surface area (Å²) in [6, 6.07) is 9.72. The third-order valence-corrected chi connectivity index (χ3v) is 3.78. The lowest BCUT2D eigenvalue weighted by Crippen LogP contribution is -2.37. The van der Waals surface area contributed by atoms with Crippen molar-refractivity contribution in [3.8, 4) is 0 Å². The number of carbonyl (C=O) groups is 2. The van der Waals surface area contributed by atoms with Crippen molar-refractivity contribution in [2.24, 2.45) is 5.92 Å². The van der Waals surface area contributed by atoms with Crippen LogP contribution in [0.5, 0.6) is 0 Å². The van der Waals surface area contributed by atoms with Crippen molar-refractivity contribution in [1.29, 1.82) is 0 Å². The van der Waals surface area contributed by atoms with E-state index in [9.17, 15) is 9.59 Å². The van der Waals surface area contributed by atoms with Gasteiger partial charge in [-0.15, -0.1) is 0 Å². The number of amides is 1. The molecule has 0 spiro atoms. The molecule has 0 aromatic heterocycles. The van der Waals surface area contributed by atoms with Gasteiger partial charge in [0, 0.05) is 13.1 Å². The van der Waals surface area contributed by atoms with Crippen LogP contribution in [-0.2, 0) is 14.3 Å². The van der Waals surface area contributed by atoms with Crippen LogP contribution in [0.1, 0.15) is 25.3 Å². The van der Waals surface area contributed by atoms with Crippen molar-refractivity contribution >= 4 is 17.4 Å². The number of nitrogens with zero attached hydrogens (tertiary/aromatic N) is 1. The number of esters is 1. The number of methoxy groups -OCH3 is 1. The highest BCUT2D eigenvalue weighted by molar-refractivity contribution is 6.01. The van der Waals surface area contributed by atoms with Crippen LogP contribution in [0.25, 0.3) is 5.57 Å². The lowest BCUT2D eigenvalue weighted by Gasteiger charge is -2.20. The third kappa shape index (κ3) is 3.72. The Hall–Kier alpha value is -2.10. The molecule has 1 amide bonds. The van der Waals surface area contributed by atoms with E-state index in [-0.39, 0.29) is 5.91 Å². The molecule has 4 nitrogen and oxygen atoms in total. The molecule has 21 heavy (non-hydrogen) atoms. The van der Waals surface area contributed by atoms with Crippen molar-refractivity contribution in [2.75, 3.05) is 20.2 Å². The molecular formula is C17H21NO3. The minimum atomic E-state index is -0.853. The minimum Gasteiger partial charge on any atom is -0.468 e. The van der Waals surface area contributed by atoms with Gasteiger partial charge in [0.1, 0.15) is 0 Å². The van der Waals surface area contributed by atoms with Gasteiger partial charge in [0.2, 0.25) is 5.91 Å². The monoisotopic (exact) mass is 287 g/mol. The zero-order valence-electron chi connectivity index (χ0n) is 12.5. The van der Waals surface area contributed by atoms with Crippen molar-refractivity contribution in [3.05, 3.63) is 42.0 Å². The van der Waals surface area contributed by atoms with E-state index in [2.05, 4.69) is 0 Å². The fourth-order valence-electron chi connectivity index (χ4n) is 2.55. The van der Waals surface area contributed by atoms with Crippen molar-refractivity contribution in [1.82, 2.24) is 4.90 Å². The molecule has 0 N–H and O–H groups in total. The summed E-state index contributed by atoms with van der Waals surface area (Å²) in [5, 5.41) is 0. The maximum atomic E-state index is 12.5. The second-order valence-electron chi connectivity index (χ2n) is 5.25. The third-order valence-electron chi connectivity index (χ3n) is 3.78. The van der Waals surface area contributed by atoms with Gasteiger partial charge in [0.25, 0.3) is 0 Å². The molecule has 1 aromatic carbocycles. The summed E-state index contributed by atoms with van der Waals surface area (Å²) in [5.74, 6) is -1.51. The molecule has 1 aliphatic rings. The predicted molar refractivity (Wildman–Crippen MR) is 81.4 cm³/mol. The Kier molecular flexibility index (Phi) is 5.14. The number of allylic oxidation sites excluding steroid dienone is 1. The van der Waals surface area contributed by atoms with Crippen LogP contribution >= 0.6 is 0 Å². The lowest BCUT2D eigenvalue weighted by atomic mass is 10.00. The van der Waals surface area contributed by atoms with E-state index < -0.39 is 11.9 Å². The molecule has 1 saturated heterocycles. The van der Waals surface area contributed by atoms with E-state index in [4.69, 9.17) is 4.74 Å². The summed E-state index contributed by atoms with van der Waals surface area (Å²) in [4.78, 5) is 26.2. The smallest absolute Gasteiger partial charge is 0.322 e. The average molecular weight is 287 g/mol. The quantitative estimate of drug-likeness (QED) is 0.631. The minimum absolute atomic E-state index is 0.158. The highest BCUT2D eigenvalue weighted by Crippen LogP contribution is 2.20. The SMILES string of the molecule is COC(=O)C(/C=C(\C)c1ccccc1)C(=O)N1CCCC1. The Balaban J connectivity index is 2.24. The zero-order chi connectivity index (χ0) is 15.2. The van der Waals surface area contributed by atoms with Crippen molar-refractivity contribution < 1.29 is 14.3 Å². The fourth-order valence-corrected chi connectivity index (χ4v) is 2.55. The van der Waals surface area contributed by atoms with Gasteiger partial charge < -0.3 is 9.64 Å². The highest BCUT2D eigenvalue weighted by Gasteiger charge is 2.31. The molecule has 1 aromatic rings. The van der Waals surface area contributed by atoms with Crippen LogP contribution < -0.4 is 0 Å². The second kappa shape index (κ2) is 7.07. The number of likely N-dealkylation sites (tertiary alicyclic amines) is 1. The summed E-state index contributed by atoms with van der Waals surface area (Å²) in [6.45, 7) is 3.36. The zero-order valence-corrected chi connectivity index (χ0v) is 12.5. The molecule has 1 fully saturated rings. The number of rotatable bonds is 4. The molecular weight excluding hydrogens is 266 g/mol. The Morgan fingerprint density at radius 2 is 1.81 bits per heavy atom. The fraction of sp³-hybridized carbons (Fsp3) is 0.412. The number of ether oxygens (including phenoxy) is 1. The molecule has 112 valence electrons. The molecule has 0 saturated carbocycles. The Labute approximate surface area is 125 Å². The molecule has 2 rings (SSSR count). The van der Waals surface area contributed by atoms with Gasteiger partial charge in [-0.3, -0.25) is 9.59 Å². The van der Waals surface area contributed by atoms with E-state index >= 15 is 0 Å². The van der Waals surface area contributed by atoms with Gasteiger partial charge in [-0.25, -0.2) is 0 Å². The molecule has 0 aliphatic carbocycles. The molecule has 1 unspecified atom stereocenters. The molecule has 0 radical (unpaired) electrons. The predicted octanol–water partition coefficient (Wildman–Crippen LogP) is 2.50. The summed E-state index contributed by atoms with van der Waals surface area (Å²) in [5.41, 5.74) is 1.90. The maximum absolute atomic E-state index is 12.5. The first-order valence-electron chi connectivity index (χ1n) is 7.24. The largest absolute Gasteiger partial charge is 0.468 e. The van der Waals surface area contributed by atoms with Gasteiger partial charge >= 0.3 is 5.97 Å². The summed E-state index contributed by atoms with van der Waals surface area (Å²) in [7, 11) is 1.32. The Bertz CT molecular complexity index is 530. The van der Waals surface area contributed by atoms with Gasteiger partial charge in [0.05, 0.1) is 7.11 Å². The van der Waals surface area contributed by atoms with Gasteiger partial charge in [0.15, 0.2) is 5.92 Å². The summed E-state index contributed by atoms with van der Waals surface area (Å²) in [6.07, 6.45) is 3.71. The average Bonchev–Trinajstić information content (AvgIpc) is 3.06. The van der Waals surface area contributed by atoms with Crippen LogP contribution in [0, 0.1) is 5.92 Å². The topological polar surface area (TPSA) is 46.6 Å². The number of hydrogen-bond donors (Lipinski definition) is 0. The van der Waals surface area contributed by atoms with E-state index in [1.807, 2.05) is 37.3 Å². The van der Waals surface area contributed by atoms with E-state index in [1.54, 1.807) is 11.0 Å².